The lowest BCUT2D eigenvalue weighted by atomic mass is 9.97. The molecule has 1 saturated heterocycles. The van der Waals surface area contributed by atoms with Gasteiger partial charge < -0.3 is 9.64 Å². The molecule has 0 saturated carbocycles. The van der Waals surface area contributed by atoms with Crippen LogP contribution in [0.3, 0.4) is 0 Å². The molecule has 1 aromatic rings. The number of rotatable bonds is 4. The number of carbonyl (C=O) groups is 1. The normalized spacial score (nSPS) is 22.0. The van der Waals surface area contributed by atoms with Crippen molar-refractivity contribution in [3.05, 3.63) is 24.3 Å². The van der Waals surface area contributed by atoms with Crippen LogP contribution in [0.15, 0.2) is 44.9 Å². The summed E-state index contributed by atoms with van der Waals surface area (Å²) in [5, 5.41) is 15.0. The molecule has 1 atom stereocenters. The molecule has 0 unspecified atom stereocenters. The fourth-order valence-corrected chi connectivity index (χ4v) is 2.79. The summed E-state index contributed by atoms with van der Waals surface area (Å²) in [7, 11) is 1.62. The van der Waals surface area contributed by atoms with Crippen LogP contribution in [0.2, 0.25) is 0 Å². The predicted molar refractivity (Wildman–Crippen MR) is 76.2 cm³/mol. The van der Waals surface area contributed by atoms with Crippen LogP contribution in [-0.2, 0) is 4.79 Å². The molecule has 110 valence electrons. The summed E-state index contributed by atoms with van der Waals surface area (Å²) in [6.45, 7) is 0. The summed E-state index contributed by atoms with van der Waals surface area (Å²) >= 11 is 0. The quantitative estimate of drug-likeness (QED) is 0.852. The van der Waals surface area contributed by atoms with Gasteiger partial charge in [0.1, 0.15) is 5.75 Å². The van der Waals surface area contributed by atoms with Gasteiger partial charge in [-0.1, -0.05) is 0 Å². The molecule has 1 aromatic carbocycles. The number of carbonyl (C=O) groups excluding carboxylic acids is 1. The highest BCUT2D eigenvalue weighted by atomic mass is 16.5. The first-order chi connectivity index (χ1) is 10.3. The van der Waals surface area contributed by atoms with Gasteiger partial charge in [0.25, 0.3) is 0 Å². The number of nitrogens with zero attached hydrogens (tertiary/aromatic N) is 5. The first-order valence-corrected chi connectivity index (χ1v) is 7.04. The van der Waals surface area contributed by atoms with E-state index in [2.05, 4.69) is 20.7 Å². The number of methoxy groups -OCH3 is 1. The lowest BCUT2D eigenvalue weighted by Crippen LogP contribution is -2.45. The van der Waals surface area contributed by atoms with Crippen molar-refractivity contribution in [2.45, 2.75) is 37.9 Å². The average Bonchev–Trinajstić information content (AvgIpc) is 3.01. The fraction of sp³-hybridized carbons (Fsp3) is 0.500. The number of benzene rings is 1. The Bertz CT molecular complexity index is 557. The highest BCUT2D eigenvalue weighted by Gasteiger charge is 2.31. The van der Waals surface area contributed by atoms with Gasteiger partial charge in [0.05, 0.1) is 7.11 Å². The van der Waals surface area contributed by atoms with Crippen LogP contribution >= 0.6 is 0 Å². The summed E-state index contributed by atoms with van der Waals surface area (Å²) in [5.74, 6) is 0.918. The Labute approximate surface area is 122 Å². The van der Waals surface area contributed by atoms with Gasteiger partial charge in [0.2, 0.25) is 5.91 Å². The van der Waals surface area contributed by atoms with E-state index in [0.717, 1.165) is 24.3 Å². The van der Waals surface area contributed by atoms with Crippen molar-refractivity contribution >= 4 is 11.6 Å². The van der Waals surface area contributed by atoms with Gasteiger partial charge in [-0.05, 0) is 47.6 Å². The summed E-state index contributed by atoms with van der Waals surface area (Å²) in [6, 6.07) is 7.63. The molecule has 2 heterocycles. The van der Waals surface area contributed by atoms with E-state index >= 15 is 0 Å². The number of amides is 1. The van der Waals surface area contributed by atoms with Gasteiger partial charge in [0, 0.05) is 24.6 Å². The van der Waals surface area contributed by atoms with Crippen molar-refractivity contribution in [3.63, 3.8) is 0 Å². The van der Waals surface area contributed by atoms with E-state index in [-0.39, 0.29) is 18.1 Å². The van der Waals surface area contributed by atoms with Gasteiger partial charge in [-0.25, -0.2) is 0 Å². The molecular formula is C14H17N5O2. The molecule has 7 heteroatoms. The second kappa shape index (κ2) is 5.99. The maximum Gasteiger partial charge on any atom is 0.227 e. The highest BCUT2D eigenvalue weighted by molar-refractivity contribution is 5.94. The van der Waals surface area contributed by atoms with Crippen LogP contribution in [0, 0.1) is 0 Å². The smallest absolute Gasteiger partial charge is 0.227 e. The van der Waals surface area contributed by atoms with E-state index in [4.69, 9.17) is 4.74 Å². The van der Waals surface area contributed by atoms with Gasteiger partial charge in [-0.3, -0.25) is 4.79 Å². The van der Waals surface area contributed by atoms with E-state index in [1.165, 1.54) is 0 Å². The zero-order valence-corrected chi connectivity index (χ0v) is 11.8. The largest absolute Gasteiger partial charge is 0.497 e. The third-order valence-corrected chi connectivity index (χ3v) is 3.81. The van der Waals surface area contributed by atoms with Crippen molar-refractivity contribution < 1.29 is 9.53 Å². The Hall–Kier alpha value is -2.31. The molecular weight excluding hydrogens is 270 g/mol. The van der Waals surface area contributed by atoms with Gasteiger partial charge >= 0.3 is 0 Å². The topological polar surface area (TPSA) is 79.0 Å². The maximum atomic E-state index is 12.3. The molecule has 0 radical (unpaired) electrons. The van der Waals surface area contributed by atoms with Crippen molar-refractivity contribution in [1.82, 2.24) is 0 Å². The van der Waals surface area contributed by atoms with E-state index < -0.39 is 0 Å². The number of hydrogen-bond donors (Lipinski definition) is 0. The Kier molecular flexibility index (Phi) is 3.89. The molecule has 3 rings (SSSR count). The molecule has 1 amide bonds. The second-order valence-corrected chi connectivity index (χ2v) is 5.13. The van der Waals surface area contributed by atoms with Crippen LogP contribution in [0.4, 0.5) is 5.69 Å². The zero-order valence-electron chi connectivity index (χ0n) is 11.8. The van der Waals surface area contributed by atoms with Crippen molar-refractivity contribution in [1.29, 1.82) is 0 Å². The summed E-state index contributed by atoms with van der Waals surface area (Å²) in [5.41, 5.74) is 0.886. The highest BCUT2D eigenvalue weighted by Crippen LogP contribution is 2.30. The van der Waals surface area contributed by atoms with Crippen LogP contribution in [0.1, 0.15) is 25.7 Å². The SMILES string of the molecule is COc1ccc(N2C(=O)CCC[C@H]2CC2N=NN=N2)cc1. The van der Waals surface area contributed by atoms with E-state index in [1.807, 2.05) is 29.2 Å². The van der Waals surface area contributed by atoms with Crippen molar-refractivity contribution in [2.24, 2.45) is 20.7 Å². The van der Waals surface area contributed by atoms with Crippen molar-refractivity contribution in [3.8, 4) is 5.75 Å². The standard InChI is InChI=1S/C14H17N5O2/c1-21-12-7-5-10(6-8-12)19-11(3-2-4-14(19)20)9-13-15-17-18-16-13/h5-8,11,13H,2-4,9H2,1H3/t11-/m0/s1. The van der Waals surface area contributed by atoms with Crippen LogP contribution < -0.4 is 9.64 Å². The third-order valence-electron chi connectivity index (χ3n) is 3.81. The molecule has 0 spiro atoms. The molecule has 2 aliphatic rings. The molecule has 0 bridgehead atoms. The second-order valence-electron chi connectivity index (χ2n) is 5.13. The maximum absolute atomic E-state index is 12.3. The number of anilines is 1. The fourth-order valence-electron chi connectivity index (χ4n) is 2.79. The van der Waals surface area contributed by atoms with Gasteiger partial charge in [-0.2, -0.15) is 0 Å². The minimum Gasteiger partial charge on any atom is -0.497 e. The minimum atomic E-state index is -0.262. The Morgan fingerprint density at radius 3 is 2.62 bits per heavy atom. The first kappa shape index (κ1) is 13.7. The molecule has 0 aromatic heterocycles. The molecule has 21 heavy (non-hydrogen) atoms. The monoisotopic (exact) mass is 287 g/mol. The molecule has 2 aliphatic heterocycles. The molecule has 0 N–H and O–H groups in total. The first-order valence-electron chi connectivity index (χ1n) is 7.04. The predicted octanol–water partition coefficient (Wildman–Crippen LogP) is 3.13. The molecule has 7 nitrogen and oxygen atoms in total. The lowest BCUT2D eigenvalue weighted by molar-refractivity contribution is -0.120. The third kappa shape index (κ3) is 2.91. The van der Waals surface area contributed by atoms with Crippen LogP contribution in [0.5, 0.6) is 5.75 Å². The summed E-state index contributed by atoms with van der Waals surface area (Å²) < 4.78 is 5.16. The number of hydrogen-bond acceptors (Lipinski definition) is 6. The number of ether oxygens (including phenoxy) is 1. The summed E-state index contributed by atoms with van der Waals surface area (Å²) in [6.07, 6.45) is 2.82. The van der Waals surface area contributed by atoms with Crippen molar-refractivity contribution in [2.75, 3.05) is 12.0 Å². The average molecular weight is 287 g/mol. The van der Waals surface area contributed by atoms with E-state index in [9.17, 15) is 4.79 Å². The van der Waals surface area contributed by atoms with Crippen LogP contribution in [0.25, 0.3) is 0 Å². The van der Waals surface area contributed by atoms with Gasteiger partial charge in [0.15, 0.2) is 6.17 Å². The molecule has 1 fully saturated rings. The Morgan fingerprint density at radius 1 is 1.24 bits per heavy atom. The van der Waals surface area contributed by atoms with E-state index in [0.29, 0.717) is 12.8 Å². The van der Waals surface area contributed by atoms with Crippen LogP contribution in [-0.4, -0.2) is 25.2 Å². The Morgan fingerprint density at radius 2 is 1.95 bits per heavy atom. The lowest BCUT2D eigenvalue weighted by Gasteiger charge is -2.36. The van der Waals surface area contributed by atoms with Gasteiger partial charge in [-0.15, -0.1) is 10.2 Å². The summed E-state index contributed by atoms with van der Waals surface area (Å²) in [4.78, 5) is 14.2. The van der Waals surface area contributed by atoms with E-state index in [1.54, 1.807) is 7.11 Å². The molecule has 0 aliphatic carbocycles. The minimum absolute atomic E-state index is 0.0839. The Balaban J connectivity index is 1.81. The zero-order chi connectivity index (χ0) is 14.7. The number of piperidine rings is 1.